The fourth-order valence-corrected chi connectivity index (χ4v) is 3.00. The van der Waals surface area contributed by atoms with Crippen molar-refractivity contribution in [3.63, 3.8) is 0 Å². The maximum Gasteiger partial charge on any atom is 0.431 e. The van der Waals surface area contributed by atoms with Gasteiger partial charge in [0.25, 0.3) is 0 Å². The predicted molar refractivity (Wildman–Crippen MR) is 95.2 cm³/mol. The third-order valence-corrected chi connectivity index (χ3v) is 4.24. The second kappa shape index (κ2) is 6.84. The molecule has 0 spiro atoms. The van der Waals surface area contributed by atoms with Gasteiger partial charge in [0.2, 0.25) is 0 Å². The number of aromatic nitrogens is 2. The zero-order chi connectivity index (χ0) is 20.8. The molecule has 2 aromatic heterocycles. The molecule has 0 radical (unpaired) electrons. The number of imidazole rings is 1. The topological polar surface area (TPSA) is 29.3 Å². The van der Waals surface area contributed by atoms with Crippen LogP contribution < -0.4 is 5.32 Å². The highest BCUT2D eigenvalue weighted by molar-refractivity contribution is 5.80. The van der Waals surface area contributed by atoms with Crippen LogP contribution in [0.4, 0.5) is 37.8 Å². The summed E-state index contributed by atoms with van der Waals surface area (Å²) in [6.07, 6.45) is -4.76. The monoisotopic (exact) mass is 407 g/mol. The minimum atomic E-state index is -4.76. The Hall–Kier alpha value is -3.49. The Balaban J connectivity index is 2.04. The molecule has 29 heavy (non-hydrogen) atoms. The Morgan fingerprint density at radius 1 is 0.793 bits per heavy atom. The van der Waals surface area contributed by atoms with E-state index >= 15 is 0 Å². The van der Waals surface area contributed by atoms with Gasteiger partial charge in [-0.25, -0.2) is 18.2 Å². The molecule has 0 amide bonds. The third kappa shape index (κ3) is 3.39. The third-order valence-electron chi connectivity index (χ3n) is 4.24. The molecular weight excluding hydrogens is 396 g/mol. The van der Waals surface area contributed by atoms with Gasteiger partial charge in [0.05, 0.1) is 5.56 Å². The Kier molecular flexibility index (Phi) is 4.45. The van der Waals surface area contributed by atoms with Crippen molar-refractivity contribution in [2.45, 2.75) is 6.18 Å². The lowest BCUT2D eigenvalue weighted by molar-refractivity contribution is -0.141. The summed E-state index contributed by atoms with van der Waals surface area (Å²) in [5.74, 6) is -2.82. The molecular formula is C20H11F6N3. The van der Waals surface area contributed by atoms with Gasteiger partial charge in [-0.1, -0.05) is 12.1 Å². The number of anilines is 2. The average molecular weight is 407 g/mol. The van der Waals surface area contributed by atoms with Crippen LogP contribution in [0.15, 0.2) is 60.7 Å². The largest absolute Gasteiger partial charge is 0.431 e. The van der Waals surface area contributed by atoms with Crippen LogP contribution >= 0.6 is 0 Å². The summed E-state index contributed by atoms with van der Waals surface area (Å²) in [5.41, 5.74) is -1.96. The number of hydrogen-bond donors (Lipinski definition) is 1. The number of rotatable bonds is 3. The first-order valence-electron chi connectivity index (χ1n) is 8.31. The Bertz CT molecular complexity index is 1180. The molecule has 0 fully saturated rings. The number of hydrogen-bond acceptors (Lipinski definition) is 2. The number of alkyl halides is 3. The van der Waals surface area contributed by atoms with Crippen LogP contribution in [-0.2, 0) is 6.18 Å². The molecule has 2 aromatic carbocycles. The molecule has 0 saturated heterocycles. The normalized spacial score (nSPS) is 11.8. The highest BCUT2D eigenvalue weighted by atomic mass is 19.4. The standard InChI is InChI=1S/C20H11F6N3/c21-11-7-9-12(10-8-11)27-19-18(17-13(22)3-1-4-14(17)23)28-16-6-2-5-15(29(16)19)20(24,25)26/h1-10,27H. The van der Waals surface area contributed by atoms with Gasteiger partial charge in [-0.2, -0.15) is 13.2 Å². The first-order chi connectivity index (χ1) is 13.8. The van der Waals surface area contributed by atoms with E-state index < -0.39 is 34.9 Å². The van der Waals surface area contributed by atoms with E-state index in [1.807, 2.05) is 0 Å². The molecule has 0 aliphatic rings. The number of nitrogens with one attached hydrogen (secondary N) is 1. The first-order valence-corrected chi connectivity index (χ1v) is 8.31. The maximum atomic E-state index is 14.4. The summed E-state index contributed by atoms with van der Waals surface area (Å²) >= 11 is 0. The number of nitrogens with zero attached hydrogens (tertiary/aromatic N) is 2. The number of pyridine rings is 1. The van der Waals surface area contributed by atoms with E-state index in [1.165, 1.54) is 18.2 Å². The van der Waals surface area contributed by atoms with Gasteiger partial charge in [-0.15, -0.1) is 0 Å². The van der Waals surface area contributed by atoms with Crippen molar-refractivity contribution in [1.29, 1.82) is 0 Å². The highest BCUT2D eigenvalue weighted by Gasteiger charge is 2.35. The summed E-state index contributed by atoms with van der Waals surface area (Å²) < 4.78 is 83.4. The second-order valence-electron chi connectivity index (χ2n) is 6.14. The molecule has 0 aliphatic carbocycles. The van der Waals surface area contributed by atoms with Gasteiger partial charge in [0, 0.05) is 5.69 Å². The fourth-order valence-electron chi connectivity index (χ4n) is 3.00. The Morgan fingerprint density at radius 3 is 2.03 bits per heavy atom. The number of halogens is 6. The first kappa shape index (κ1) is 18.9. The summed E-state index contributed by atoms with van der Waals surface area (Å²) in [7, 11) is 0. The van der Waals surface area contributed by atoms with Crippen LogP contribution in [-0.4, -0.2) is 9.38 Å². The van der Waals surface area contributed by atoms with Gasteiger partial charge in [-0.05, 0) is 48.5 Å². The SMILES string of the molecule is Fc1ccc(Nc2c(-c3c(F)cccc3F)nc3cccc(C(F)(F)F)n23)cc1. The van der Waals surface area contributed by atoms with E-state index in [1.54, 1.807) is 0 Å². The molecule has 1 N–H and O–H groups in total. The van der Waals surface area contributed by atoms with E-state index in [4.69, 9.17) is 0 Å². The van der Waals surface area contributed by atoms with E-state index in [0.717, 1.165) is 46.9 Å². The van der Waals surface area contributed by atoms with Gasteiger partial charge in [0.15, 0.2) is 0 Å². The zero-order valence-corrected chi connectivity index (χ0v) is 14.4. The lowest BCUT2D eigenvalue weighted by atomic mass is 10.1. The van der Waals surface area contributed by atoms with Gasteiger partial charge < -0.3 is 5.32 Å². The summed E-state index contributed by atoms with van der Waals surface area (Å²) in [6, 6.07) is 11.1. The number of benzene rings is 2. The predicted octanol–water partition coefficient (Wildman–Crippen LogP) is 6.18. The number of fused-ring (bicyclic) bond motifs is 1. The smallest absolute Gasteiger partial charge is 0.339 e. The van der Waals surface area contributed by atoms with Crippen molar-refractivity contribution in [3.05, 3.63) is 83.8 Å². The Morgan fingerprint density at radius 2 is 1.41 bits per heavy atom. The molecule has 4 rings (SSSR count). The molecule has 2 heterocycles. The molecule has 0 atom stereocenters. The minimum Gasteiger partial charge on any atom is -0.339 e. The van der Waals surface area contributed by atoms with Crippen molar-refractivity contribution in [2.75, 3.05) is 5.32 Å². The fraction of sp³-hybridized carbons (Fsp3) is 0.0500. The van der Waals surface area contributed by atoms with E-state index in [-0.39, 0.29) is 22.8 Å². The van der Waals surface area contributed by atoms with Crippen LogP contribution in [0.25, 0.3) is 16.9 Å². The highest BCUT2D eigenvalue weighted by Crippen LogP contribution is 2.38. The van der Waals surface area contributed by atoms with Gasteiger partial charge in [0.1, 0.15) is 40.3 Å². The van der Waals surface area contributed by atoms with Crippen molar-refractivity contribution >= 4 is 17.2 Å². The molecule has 0 aliphatic heterocycles. The van der Waals surface area contributed by atoms with E-state index in [9.17, 15) is 26.3 Å². The summed E-state index contributed by atoms with van der Waals surface area (Å²) in [5, 5.41) is 2.69. The van der Waals surface area contributed by atoms with Crippen molar-refractivity contribution in [1.82, 2.24) is 9.38 Å². The zero-order valence-electron chi connectivity index (χ0n) is 14.4. The molecule has 4 aromatic rings. The van der Waals surface area contributed by atoms with Gasteiger partial charge in [-0.3, -0.25) is 4.40 Å². The average Bonchev–Trinajstić information content (AvgIpc) is 3.01. The van der Waals surface area contributed by atoms with E-state index in [2.05, 4.69) is 10.3 Å². The van der Waals surface area contributed by atoms with Crippen LogP contribution in [0.5, 0.6) is 0 Å². The quantitative estimate of drug-likeness (QED) is 0.411. The van der Waals surface area contributed by atoms with Crippen molar-refractivity contribution < 1.29 is 26.3 Å². The molecule has 0 bridgehead atoms. The summed E-state index contributed by atoms with van der Waals surface area (Å²) in [6.45, 7) is 0. The lowest BCUT2D eigenvalue weighted by Crippen LogP contribution is -2.12. The molecule has 0 saturated carbocycles. The van der Waals surface area contributed by atoms with Gasteiger partial charge >= 0.3 is 6.18 Å². The lowest BCUT2D eigenvalue weighted by Gasteiger charge is -2.14. The van der Waals surface area contributed by atoms with Crippen molar-refractivity contribution in [3.8, 4) is 11.3 Å². The van der Waals surface area contributed by atoms with Crippen LogP contribution in [0, 0.1) is 17.5 Å². The maximum absolute atomic E-state index is 14.4. The Labute approximate surface area is 160 Å². The summed E-state index contributed by atoms with van der Waals surface area (Å²) in [4.78, 5) is 4.04. The minimum absolute atomic E-state index is 0.165. The second-order valence-corrected chi connectivity index (χ2v) is 6.14. The molecule has 9 heteroatoms. The van der Waals surface area contributed by atoms with Crippen LogP contribution in [0.2, 0.25) is 0 Å². The molecule has 0 unspecified atom stereocenters. The van der Waals surface area contributed by atoms with Crippen LogP contribution in [0.1, 0.15) is 5.69 Å². The molecule has 3 nitrogen and oxygen atoms in total. The van der Waals surface area contributed by atoms with E-state index in [0.29, 0.717) is 0 Å². The van der Waals surface area contributed by atoms with Crippen LogP contribution in [0.3, 0.4) is 0 Å². The molecule has 148 valence electrons. The van der Waals surface area contributed by atoms with Crippen molar-refractivity contribution in [2.24, 2.45) is 0 Å².